The fourth-order valence-electron chi connectivity index (χ4n) is 0.690. The van der Waals surface area contributed by atoms with Crippen LogP contribution in [0, 0.1) is 5.92 Å². The van der Waals surface area contributed by atoms with Gasteiger partial charge >= 0.3 is 0 Å². The third-order valence-electron chi connectivity index (χ3n) is 1.38. The number of nitrogens with zero attached hydrogens (tertiary/aromatic N) is 3. The molecule has 0 aliphatic carbocycles. The summed E-state index contributed by atoms with van der Waals surface area (Å²) < 4.78 is 0. The average molecular weight is 158 g/mol. The second-order valence-electron chi connectivity index (χ2n) is 2.36. The topological polar surface area (TPSA) is 89.2 Å². The summed E-state index contributed by atoms with van der Waals surface area (Å²) in [5, 5.41) is 20.9. The van der Waals surface area contributed by atoms with E-state index in [0.717, 1.165) is 6.42 Å². The van der Waals surface area contributed by atoms with Crippen molar-refractivity contribution in [1.29, 1.82) is 0 Å². The summed E-state index contributed by atoms with van der Waals surface area (Å²) >= 11 is 0. The highest BCUT2D eigenvalue weighted by Gasteiger charge is 2.29. The molecule has 63 valence electrons. The molecule has 0 heterocycles. The summed E-state index contributed by atoms with van der Waals surface area (Å²) in [4.78, 5) is 2.31. The summed E-state index contributed by atoms with van der Waals surface area (Å²) in [6.07, 6.45) is 1.32. The first-order valence-corrected chi connectivity index (χ1v) is 3.38. The molecule has 0 saturated carbocycles. The van der Waals surface area contributed by atoms with Crippen LogP contribution < -0.4 is 0 Å². The Hall–Kier alpha value is -0.770. The van der Waals surface area contributed by atoms with Crippen LogP contribution in [0.3, 0.4) is 0 Å². The molecule has 0 atom stereocenters. The van der Waals surface area contributed by atoms with E-state index in [1.165, 1.54) is 6.92 Å². The van der Waals surface area contributed by atoms with Crippen LogP contribution in [0.5, 0.6) is 0 Å². The predicted molar refractivity (Wildman–Crippen MR) is 40.1 cm³/mol. The molecule has 1 radical (unpaired) electrons. The zero-order valence-electron chi connectivity index (χ0n) is 6.65. The monoisotopic (exact) mass is 158 g/mol. The van der Waals surface area contributed by atoms with E-state index in [4.69, 9.17) is 15.7 Å². The van der Waals surface area contributed by atoms with E-state index in [1.54, 1.807) is 0 Å². The maximum atomic E-state index is 9.01. The normalized spacial score (nSPS) is 11.4. The van der Waals surface area contributed by atoms with Gasteiger partial charge in [0, 0.05) is 10.8 Å². The van der Waals surface area contributed by atoms with E-state index in [-0.39, 0.29) is 0 Å². The molecule has 0 saturated heterocycles. The van der Waals surface area contributed by atoms with Gasteiger partial charge in [0.1, 0.15) is 0 Å². The molecule has 0 bridgehead atoms. The SMILES string of the molecule is CCC[C](C)C(O)(O)N=[N+]=[N-]. The Labute approximate surface area is 65.3 Å². The minimum Gasteiger partial charge on any atom is -0.361 e. The number of rotatable bonds is 4. The van der Waals surface area contributed by atoms with Crippen LogP contribution in [0.4, 0.5) is 0 Å². The number of hydrogen-bond donors (Lipinski definition) is 2. The van der Waals surface area contributed by atoms with E-state index in [2.05, 4.69) is 10.0 Å². The molecule has 0 fully saturated rings. The van der Waals surface area contributed by atoms with Gasteiger partial charge in [0.05, 0.1) is 0 Å². The van der Waals surface area contributed by atoms with Crippen LogP contribution in [-0.2, 0) is 0 Å². The Morgan fingerprint density at radius 3 is 2.55 bits per heavy atom. The first-order valence-electron chi connectivity index (χ1n) is 3.38. The van der Waals surface area contributed by atoms with Crippen LogP contribution >= 0.6 is 0 Å². The van der Waals surface area contributed by atoms with E-state index in [1.807, 2.05) is 6.92 Å². The summed E-state index contributed by atoms with van der Waals surface area (Å²) in [6.45, 7) is 3.44. The molecule has 11 heavy (non-hydrogen) atoms. The maximum Gasteiger partial charge on any atom is 0.250 e. The van der Waals surface area contributed by atoms with E-state index < -0.39 is 5.91 Å². The molecule has 0 rings (SSSR count). The molecule has 0 aliphatic rings. The molecule has 0 aromatic rings. The van der Waals surface area contributed by atoms with Crippen LogP contribution in [0.2, 0.25) is 0 Å². The van der Waals surface area contributed by atoms with Crippen molar-refractivity contribution in [3.63, 3.8) is 0 Å². The molecule has 0 aromatic carbocycles. The smallest absolute Gasteiger partial charge is 0.250 e. The van der Waals surface area contributed by atoms with Gasteiger partial charge in [-0.05, 0) is 17.1 Å². The largest absolute Gasteiger partial charge is 0.361 e. The third kappa shape index (κ3) is 3.23. The van der Waals surface area contributed by atoms with Gasteiger partial charge < -0.3 is 10.2 Å². The van der Waals surface area contributed by atoms with Crippen molar-refractivity contribution in [3.05, 3.63) is 16.4 Å². The minimum absolute atomic E-state index is 0.359. The Morgan fingerprint density at radius 2 is 2.18 bits per heavy atom. The van der Waals surface area contributed by atoms with Gasteiger partial charge in [-0.25, -0.2) is 0 Å². The minimum atomic E-state index is -2.31. The van der Waals surface area contributed by atoms with Crippen molar-refractivity contribution in [2.75, 3.05) is 0 Å². The van der Waals surface area contributed by atoms with Crippen LogP contribution in [0.25, 0.3) is 10.4 Å². The van der Waals surface area contributed by atoms with Crippen LogP contribution in [0.1, 0.15) is 26.7 Å². The average Bonchev–Trinajstić information content (AvgIpc) is 1.88. The lowest BCUT2D eigenvalue weighted by Gasteiger charge is -2.21. The van der Waals surface area contributed by atoms with E-state index in [9.17, 15) is 0 Å². The lowest BCUT2D eigenvalue weighted by atomic mass is 10.0. The molecular formula is C6H12N3O2. The molecule has 5 nitrogen and oxygen atoms in total. The standard InChI is InChI=1S/C6H12N3O2/c1-3-4-5(2)6(10,11)8-9-7/h10-11H,3-4H2,1-2H3. The highest BCUT2D eigenvalue weighted by atomic mass is 16.5. The van der Waals surface area contributed by atoms with Crippen molar-refractivity contribution < 1.29 is 10.2 Å². The second-order valence-corrected chi connectivity index (χ2v) is 2.36. The van der Waals surface area contributed by atoms with Gasteiger partial charge in [0.25, 0.3) is 5.91 Å². The fourth-order valence-corrected chi connectivity index (χ4v) is 0.690. The first-order chi connectivity index (χ1) is 5.04. The molecule has 2 N–H and O–H groups in total. The lowest BCUT2D eigenvalue weighted by Crippen LogP contribution is -2.31. The van der Waals surface area contributed by atoms with Gasteiger partial charge in [-0.1, -0.05) is 20.3 Å². The van der Waals surface area contributed by atoms with Crippen molar-refractivity contribution in [1.82, 2.24) is 0 Å². The van der Waals surface area contributed by atoms with Crippen molar-refractivity contribution in [3.8, 4) is 0 Å². The Balaban J connectivity index is 4.15. The van der Waals surface area contributed by atoms with Crippen molar-refractivity contribution in [2.45, 2.75) is 32.6 Å². The molecule has 0 spiro atoms. The highest BCUT2D eigenvalue weighted by Crippen LogP contribution is 2.22. The van der Waals surface area contributed by atoms with Gasteiger partial charge in [0.15, 0.2) is 0 Å². The Bertz CT molecular complexity index is 163. The lowest BCUT2D eigenvalue weighted by molar-refractivity contribution is -0.141. The molecule has 0 aromatic heterocycles. The fraction of sp³-hybridized carbons (Fsp3) is 0.833. The zero-order chi connectivity index (χ0) is 8.91. The third-order valence-corrected chi connectivity index (χ3v) is 1.38. The maximum absolute atomic E-state index is 9.01. The van der Waals surface area contributed by atoms with Gasteiger partial charge in [0.2, 0.25) is 0 Å². The van der Waals surface area contributed by atoms with E-state index in [0.29, 0.717) is 12.3 Å². The Kier molecular flexibility index (Phi) is 3.89. The molecule has 0 unspecified atom stereocenters. The molecule has 0 amide bonds. The van der Waals surface area contributed by atoms with Crippen LogP contribution in [0.15, 0.2) is 5.11 Å². The molecule has 5 heteroatoms. The summed E-state index contributed by atoms with van der Waals surface area (Å²) in [5.41, 5.74) is 7.94. The van der Waals surface area contributed by atoms with Gasteiger partial charge in [-0.3, -0.25) is 0 Å². The second kappa shape index (κ2) is 4.18. The summed E-state index contributed by atoms with van der Waals surface area (Å²) in [7, 11) is 0. The van der Waals surface area contributed by atoms with Gasteiger partial charge in [-0.2, -0.15) is 0 Å². The number of azide groups is 1. The van der Waals surface area contributed by atoms with Crippen molar-refractivity contribution >= 4 is 0 Å². The first kappa shape index (κ1) is 10.2. The quantitative estimate of drug-likeness (QED) is 0.279. The highest BCUT2D eigenvalue weighted by molar-refractivity contribution is 4.96. The number of aliphatic hydroxyl groups is 2. The molecular weight excluding hydrogens is 146 g/mol. The number of hydrogen-bond acceptors (Lipinski definition) is 3. The van der Waals surface area contributed by atoms with Crippen LogP contribution in [-0.4, -0.2) is 16.1 Å². The van der Waals surface area contributed by atoms with Crippen molar-refractivity contribution in [2.24, 2.45) is 5.11 Å². The summed E-state index contributed by atoms with van der Waals surface area (Å²) in [6, 6.07) is 0. The summed E-state index contributed by atoms with van der Waals surface area (Å²) in [5.74, 6) is -1.96. The molecule has 0 aliphatic heterocycles. The zero-order valence-corrected chi connectivity index (χ0v) is 6.65. The van der Waals surface area contributed by atoms with Gasteiger partial charge in [-0.15, -0.1) is 0 Å². The Morgan fingerprint density at radius 1 is 1.64 bits per heavy atom. The van der Waals surface area contributed by atoms with E-state index >= 15 is 0 Å². The predicted octanol–water partition coefficient (Wildman–Crippen LogP) is 1.33.